The van der Waals surface area contributed by atoms with Gasteiger partial charge in [0.25, 0.3) is 0 Å². The lowest BCUT2D eigenvalue weighted by atomic mass is 10.2. The van der Waals surface area contributed by atoms with Crippen molar-refractivity contribution in [2.75, 3.05) is 12.4 Å². The van der Waals surface area contributed by atoms with Gasteiger partial charge in [-0.1, -0.05) is 0 Å². The minimum atomic E-state index is -1.54. The highest BCUT2D eigenvalue weighted by molar-refractivity contribution is 7.87. The molecule has 0 rings (SSSR count). The van der Waals surface area contributed by atoms with Gasteiger partial charge in [-0.15, -0.1) is 0 Å². The maximum atomic E-state index is 11.6. The Morgan fingerprint density at radius 1 is 1.40 bits per heavy atom. The summed E-state index contributed by atoms with van der Waals surface area (Å²) in [5.41, 5.74) is 0. The van der Waals surface area contributed by atoms with Crippen LogP contribution in [0.25, 0.3) is 0 Å². The number of hydrogen-bond acceptors (Lipinski definition) is 4. The van der Waals surface area contributed by atoms with Gasteiger partial charge in [-0.05, 0) is 20.8 Å². The highest BCUT2D eigenvalue weighted by Crippen LogP contribution is 2.16. The van der Waals surface area contributed by atoms with E-state index in [0.29, 0.717) is 0 Å². The van der Waals surface area contributed by atoms with E-state index < -0.39 is 27.5 Å². The fourth-order valence-corrected chi connectivity index (χ4v) is 1.95. The van der Waals surface area contributed by atoms with Crippen LogP contribution in [0.5, 0.6) is 0 Å². The highest BCUT2D eigenvalue weighted by atomic mass is 32.2. The van der Waals surface area contributed by atoms with E-state index in [4.69, 9.17) is 9.84 Å². The summed E-state index contributed by atoms with van der Waals surface area (Å²) in [4.78, 5) is 21.7. The Morgan fingerprint density at radius 3 is 2.33 bits per heavy atom. The summed E-state index contributed by atoms with van der Waals surface area (Å²) in [6, 6.07) is 0. The molecule has 6 heteroatoms. The second-order valence-electron chi connectivity index (χ2n) is 3.42. The Bertz CT molecular complexity index is 272. The molecule has 0 aliphatic heterocycles. The van der Waals surface area contributed by atoms with Gasteiger partial charge in [0.05, 0.1) is 13.0 Å². The van der Waals surface area contributed by atoms with Gasteiger partial charge >= 0.3 is 11.9 Å². The minimum absolute atomic E-state index is 0.0405. The van der Waals surface area contributed by atoms with Gasteiger partial charge in [0.1, 0.15) is 4.75 Å². The number of carbonyl (C=O) groups is 2. The Balaban J connectivity index is 4.37. The molecular formula is C9H16O5S. The van der Waals surface area contributed by atoms with E-state index in [1.807, 2.05) is 0 Å². The number of aliphatic carboxylic acids is 1. The first kappa shape index (κ1) is 14.1. The number of carboxylic acid groups (broad SMARTS) is 1. The van der Waals surface area contributed by atoms with Crippen LogP contribution in [0.1, 0.15) is 27.2 Å². The maximum absolute atomic E-state index is 11.6. The molecule has 0 aromatic carbocycles. The molecule has 0 aliphatic carbocycles. The number of hydrogen-bond donors (Lipinski definition) is 1. The van der Waals surface area contributed by atoms with E-state index in [2.05, 4.69) is 0 Å². The Hall–Kier alpha value is -0.910. The van der Waals surface area contributed by atoms with Crippen molar-refractivity contribution in [2.24, 2.45) is 0 Å². The van der Waals surface area contributed by atoms with Crippen molar-refractivity contribution in [3.63, 3.8) is 0 Å². The molecule has 0 radical (unpaired) electrons. The number of ether oxygens (including phenoxy) is 1. The molecule has 0 heterocycles. The van der Waals surface area contributed by atoms with Crippen molar-refractivity contribution < 1.29 is 23.6 Å². The number of carbonyl (C=O) groups excluding carboxylic acids is 1. The molecule has 1 atom stereocenters. The molecule has 0 aliphatic rings. The predicted molar refractivity (Wildman–Crippen MR) is 56.0 cm³/mol. The number of rotatable bonds is 6. The van der Waals surface area contributed by atoms with E-state index in [1.165, 1.54) is 13.8 Å². The van der Waals surface area contributed by atoms with Crippen LogP contribution in [-0.2, 0) is 25.1 Å². The van der Waals surface area contributed by atoms with E-state index in [-0.39, 0.29) is 18.8 Å². The summed E-state index contributed by atoms with van der Waals surface area (Å²) >= 11 is 0. The second kappa shape index (κ2) is 5.85. The third-order valence-corrected chi connectivity index (χ3v) is 3.72. The van der Waals surface area contributed by atoms with Gasteiger partial charge in [0.15, 0.2) is 0 Å². The molecule has 5 nitrogen and oxygen atoms in total. The quantitative estimate of drug-likeness (QED) is 0.681. The van der Waals surface area contributed by atoms with Crippen LogP contribution in [0.4, 0.5) is 0 Å². The molecule has 0 amide bonds. The third-order valence-electron chi connectivity index (χ3n) is 1.84. The monoisotopic (exact) mass is 236 g/mol. The van der Waals surface area contributed by atoms with Gasteiger partial charge in [-0.3, -0.25) is 13.8 Å². The largest absolute Gasteiger partial charge is 0.481 e. The molecule has 0 bridgehead atoms. The third kappa shape index (κ3) is 4.42. The van der Waals surface area contributed by atoms with Gasteiger partial charge in [0.2, 0.25) is 0 Å². The van der Waals surface area contributed by atoms with Crippen LogP contribution in [-0.4, -0.2) is 38.4 Å². The summed E-state index contributed by atoms with van der Waals surface area (Å²) in [5, 5.41) is 8.42. The van der Waals surface area contributed by atoms with Crippen molar-refractivity contribution in [1.82, 2.24) is 0 Å². The van der Waals surface area contributed by atoms with Crippen LogP contribution in [0.15, 0.2) is 0 Å². The smallest absolute Gasteiger partial charge is 0.324 e. The normalized spacial score (nSPS) is 13.3. The lowest BCUT2D eigenvalue weighted by molar-refractivity contribution is -0.145. The fraction of sp³-hybridized carbons (Fsp3) is 0.778. The zero-order valence-corrected chi connectivity index (χ0v) is 9.93. The van der Waals surface area contributed by atoms with E-state index in [0.717, 1.165) is 0 Å². The summed E-state index contributed by atoms with van der Waals surface area (Å²) < 4.78 is 15.2. The summed E-state index contributed by atoms with van der Waals surface area (Å²) in [5.74, 6) is -1.63. The second-order valence-corrected chi connectivity index (χ2v) is 5.54. The lowest BCUT2D eigenvalue weighted by Crippen LogP contribution is -2.39. The lowest BCUT2D eigenvalue weighted by Gasteiger charge is -2.20. The molecule has 15 heavy (non-hydrogen) atoms. The molecule has 1 unspecified atom stereocenters. The van der Waals surface area contributed by atoms with E-state index in [1.54, 1.807) is 6.92 Å². The van der Waals surface area contributed by atoms with E-state index in [9.17, 15) is 13.8 Å². The molecule has 88 valence electrons. The first-order valence-corrected chi connectivity index (χ1v) is 5.91. The topological polar surface area (TPSA) is 80.7 Å². The fourth-order valence-electron chi connectivity index (χ4n) is 0.833. The van der Waals surface area contributed by atoms with Crippen molar-refractivity contribution in [1.29, 1.82) is 0 Å². The Labute approximate surface area is 91.3 Å². The highest BCUT2D eigenvalue weighted by Gasteiger charge is 2.35. The van der Waals surface area contributed by atoms with Crippen LogP contribution >= 0.6 is 0 Å². The summed E-state index contributed by atoms with van der Waals surface area (Å²) in [7, 11) is -1.54. The zero-order chi connectivity index (χ0) is 12.1. The molecule has 0 aromatic heterocycles. The van der Waals surface area contributed by atoms with Crippen molar-refractivity contribution in [2.45, 2.75) is 31.9 Å². The van der Waals surface area contributed by atoms with Gasteiger partial charge in [0, 0.05) is 16.6 Å². The molecule has 0 saturated carbocycles. The Kier molecular flexibility index (Phi) is 5.49. The molecule has 0 fully saturated rings. The van der Waals surface area contributed by atoms with Crippen LogP contribution in [0.2, 0.25) is 0 Å². The molecular weight excluding hydrogens is 220 g/mol. The standard InChI is InChI=1S/C9H16O5S/c1-4-14-8(12)9(2,3)15(13)6-5-7(10)11/h4-6H2,1-3H3,(H,10,11). The SMILES string of the molecule is CCOC(=O)C(C)(C)S(=O)CCC(=O)O. The van der Waals surface area contributed by atoms with E-state index >= 15 is 0 Å². The zero-order valence-electron chi connectivity index (χ0n) is 9.11. The average Bonchev–Trinajstić information content (AvgIpc) is 2.14. The van der Waals surface area contributed by atoms with Crippen molar-refractivity contribution in [3.8, 4) is 0 Å². The van der Waals surface area contributed by atoms with Crippen LogP contribution in [0.3, 0.4) is 0 Å². The molecule has 0 aromatic rings. The summed E-state index contributed by atoms with van der Waals surface area (Å²) in [6.07, 6.45) is -0.213. The van der Waals surface area contributed by atoms with Gasteiger partial charge < -0.3 is 9.84 Å². The number of esters is 1. The Morgan fingerprint density at radius 2 is 1.93 bits per heavy atom. The predicted octanol–water partition coefficient (Wildman–Crippen LogP) is 0.552. The van der Waals surface area contributed by atoms with Gasteiger partial charge in [-0.2, -0.15) is 0 Å². The van der Waals surface area contributed by atoms with Crippen LogP contribution < -0.4 is 0 Å². The minimum Gasteiger partial charge on any atom is -0.481 e. The first-order chi connectivity index (χ1) is 6.82. The maximum Gasteiger partial charge on any atom is 0.324 e. The number of carboxylic acids is 1. The average molecular weight is 236 g/mol. The summed E-state index contributed by atoms with van der Waals surface area (Å²) in [6.45, 7) is 4.86. The van der Waals surface area contributed by atoms with Crippen molar-refractivity contribution >= 4 is 22.7 Å². The first-order valence-electron chi connectivity index (χ1n) is 4.59. The molecule has 1 N–H and O–H groups in total. The molecule has 0 saturated heterocycles. The van der Waals surface area contributed by atoms with Gasteiger partial charge in [-0.25, -0.2) is 0 Å². The van der Waals surface area contributed by atoms with Crippen LogP contribution in [0, 0.1) is 0 Å². The van der Waals surface area contributed by atoms with Crippen molar-refractivity contribution in [3.05, 3.63) is 0 Å². The molecule has 0 spiro atoms.